The van der Waals surface area contributed by atoms with Crippen LogP contribution >= 0.6 is 12.2 Å². The molecule has 0 atom stereocenters. The molecule has 0 unspecified atom stereocenters. The van der Waals surface area contributed by atoms with E-state index in [1.54, 1.807) is 6.07 Å². The van der Waals surface area contributed by atoms with Crippen LogP contribution in [0.5, 0.6) is 5.75 Å². The number of ether oxygens (including phenoxy) is 1. The number of carbonyl (C=O) groups is 1. The number of benzene rings is 1. The molecule has 108 valence electrons. The lowest BCUT2D eigenvalue weighted by Crippen LogP contribution is -2.54. The summed E-state index contributed by atoms with van der Waals surface area (Å²) in [6.45, 7) is 0. The fourth-order valence-electron chi connectivity index (χ4n) is 2.50. The van der Waals surface area contributed by atoms with Crippen LogP contribution in [-0.2, 0) is 0 Å². The molecule has 0 aliphatic heterocycles. The Morgan fingerprint density at radius 2 is 2.10 bits per heavy atom. The zero-order chi connectivity index (χ0) is 14.8. The van der Waals surface area contributed by atoms with Crippen LogP contribution in [0.15, 0.2) is 18.2 Å². The zero-order valence-electron chi connectivity index (χ0n) is 11.2. The van der Waals surface area contributed by atoms with Gasteiger partial charge in [0.15, 0.2) is 0 Å². The predicted molar refractivity (Wildman–Crippen MR) is 78.4 cm³/mol. The van der Waals surface area contributed by atoms with Gasteiger partial charge in [0, 0.05) is 6.07 Å². The van der Waals surface area contributed by atoms with E-state index in [2.05, 4.69) is 5.32 Å². The van der Waals surface area contributed by atoms with Crippen LogP contribution in [0, 0.1) is 5.82 Å². The van der Waals surface area contributed by atoms with E-state index in [1.165, 1.54) is 19.2 Å². The van der Waals surface area contributed by atoms with Crippen molar-refractivity contribution in [2.75, 3.05) is 7.11 Å². The average molecular weight is 296 g/mol. The minimum Gasteiger partial charge on any atom is -0.497 e. The van der Waals surface area contributed by atoms with E-state index in [0.717, 1.165) is 12.8 Å². The van der Waals surface area contributed by atoms with E-state index in [1.807, 2.05) is 0 Å². The Hall–Kier alpha value is -1.69. The van der Waals surface area contributed by atoms with Crippen molar-refractivity contribution in [1.82, 2.24) is 5.32 Å². The molecule has 0 radical (unpaired) electrons. The lowest BCUT2D eigenvalue weighted by molar-refractivity contribution is 0.0920. The standard InChI is InChI=1S/C14H17FN2O2S/c1-19-9-4-5-10(11(15)8-9)12(18)17-14(13(16)20)6-2-3-7-14/h4-5,8H,2-3,6-7H2,1H3,(H2,16,20)(H,17,18). The van der Waals surface area contributed by atoms with Gasteiger partial charge in [-0.05, 0) is 25.0 Å². The Bertz CT molecular complexity index is 542. The highest BCUT2D eigenvalue weighted by molar-refractivity contribution is 7.80. The minimum atomic E-state index is -0.682. The van der Waals surface area contributed by atoms with Gasteiger partial charge in [0.1, 0.15) is 11.6 Å². The Labute approximate surface area is 122 Å². The number of methoxy groups -OCH3 is 1. The quantitative estimate of drug-likeness (QED) is 0.836. The molecule has 0 heterocycles. The van der Waals surface area contributed by atoms with Crippen molar-refractivity contribution in [2.45, 2.75) is 31.2 Å². The first kappa shape index (κ1) is 14.7. The van der Waals surface area contributed by atoms with Crippen LogP contribution in [0.4, 0.5) is 4.39 Å². The molecular formula is C14H17FN2O2S. The van der Waals surface area contributed by atoms with E-state index < -0.39 is 17.3 Å². The summed E-state index contributed by atoms with van der Waals surface area (Å²) in [7, 11) is 1.44. The van der Waals surface area contributed by atoms with Crippen LogP contribution in [-0.4, -0.2) is 23.5 Å². The smallest absolute Gasteiger partial charge is 0.255 e. The summed E-state index contributed by atoms with van der Waals surface area (Å²) in [5.74, 6) is -0.762. The normalized spacial score (nSPS) is 16.7. The summed E-state index contributed by atoms with van der Waals surface area (Å²) in [4.78, 5) is 12.5. The van der Waals surface area contributed by atoms with Crippen LogP contribution < -0.4 is 15.8 Å². The molecule has 0 aromatic heterocycles. The monoisotopic (exact) mass is 296 g/mol. The first-order valence-electron chi connectivity index (χ1n) is 6.44. The highest BCUT2D eigenvalue weighted by Crippen LogP contribution is 2.30. The van der Waals surface area contributed by atoms with Gasteiger partial charge < -0.3 is 15.8 Å². The van der Waals surface area contributed by atoms with Gasteiger partial charge in [0.05, 0.1) is 23.2 Å². The van der Waals surface area contributed by atoms with Gasteiger partial charge in [-0.3, -0.25) is 4.79 Å². The molecule has 1 aromatic carbocycles. The summed E-state index contributed by atoms with van der Waals surface area (Å²) in [5.41, 5.74) is 5.03. The van der Waals surface area contributed by atoms with Gasteiger partial charge >= 0.3 is 0 Å². The van der Waals surface area contributed by atoms with Crippen molar-refractivity contribution in [3.8, 4) is 5.75 Å². The third kappa shape index (κ3) is 2.75. The Balaban J connectivity index is 2.21. The van der Waals surface area contributed by atoms with Gasteiger partial charge in [-0.1, -0.05) is 25.1 Å². The maximum Gasteiger partial charge on any atom is 0.255 e. The first-order valence-corrected chi connectivity index (χ1v) is 6.85. The van der Waals surface area contributed by atoms with Crippen molar-refractivity contribution in [1.29, 1.82) is 0 Å². The number of halogens is 1. The Morgan fingerprint density at radius 1 is 1.45 bits per heavy atom. The highest BCUT2D eigenvalue weighted by Gasteiger charge is 2.38. The largest absolute Gasteiger partial charge is 0.497 e. The van der Waals surface area contributed by atoms with Gasteiger partial charge in [0.25, 0.3) is 5.91 Å². The molecule has 2 rings (SSSR count). The van der Waals surface area contributed by atoms with E-state index >= 15 is 0 Å². The number of nitrogens with two attached hydrogens (primary N) is 1. The summed E-state index contributed by atoms with van der Waals surface area (Å²) in [5, 5.41) is 2.80. The fourth-order valence-corrected chi connectivity index (χ4v) is 2.76. The number of thiocarbonyl (C=S) groups is 1. The Kier molecular flexibility index (Phi) is 4.23. The van der Waals surface area contributed by atoms with Crippen LogP contribution in [0.1, 0.15) is 36.0 Å². The molecule has 0 saturated heterocycles. The summed E-state index contributed by atoms with van der Waals surface area (Å²) in [6, 6.07) is 4.11. The van der Waals surface area contributed by atoms with Crippen molar-refractivity contribution >= 4 is 23.1 Å². The van der Waals surface area contributed by atoms with Gasteiger partial charge in [-0.25, -0.2) is 4.39 Å². The SMILES string of the molecule is COc1ccc(C(=O)NC2(C(N)=S)CCCC2)c(F)c1. The number of hydrogen-bond acceptors (Lipinski definition) is 3. The average Bonchev–Trinajstić information content (AvgIpc) is 2.88. The molecule has 1 saturated carbocycles. The van der Waals surface area contributed by atoms with Gasteiger partial charge in [0.2, 0.25) is 0 Å². The van der Waals surface area contributed by atoms with Crippen LogP contribution in [0.3, 0.4) is 0 Å². The molecule has 0 bridgehead atoms. The maximum absolute atomic E-state index is 13.9. The van der Waals surface area contributed by atoms with Crippen molar-refractivity contribution in [3.05, 3.63) is 29.6 Å². The third-order valence-electron chi connectivity index (χ3n) is 3.70. The number of rotatable bonds is 4. The molecule has 3 N–H and O–H groups in total. The molecule has 1 aliphatic rings. The molecule has 4 nitrogen and oxygen atoms in total. The van der Waals surface area contributed by atoms with E-state index in [4.69, 9.17) is 22.7 Å². The van der Waals surface area contributed by atoms with Crippen molar-refractivity contribution in [3.63, 3.8) is 0 Å². The molecule has 1 aliphatic carbocycles. The number of carbonyl (C=O) groups excluding carboxylic acids is 1. The predicted octanol–water partition coefficient (Wildman–Crippen LogP) is 2.16. The molecule has 1 fully saturated rings. The second-order valence-electron chi connectivity index (χ2n) is 4.95. The topological polar surface area (TPSA) is 64.3 Å². The number of hydrogen-bond donors (Lipinski definition) is 2. The molecule has 1 amide bonds. The van der Waals surface area contributed by atoms with E-state index in [0.29, 0.717) is 18.6 Å². The van der Waals surface area contributed by atoms with Crippen LogP contribution in [0.25, 0.3) is 0 Å². The molecule has 0 spiro atoms. The number of amides is 1. The minimum absolute atomic E-state index is 0.0340. The molecule has 6 heteroatoms. The molecular weight excluding hydrogens is 279 g/mol. The van der Waals surface area contributed by atoms with E-state index in [9.17, 15) is 9.18 Å². The third-order valence-corrected chi connectivity index (χ3v) is 4.09. The lowest BCUT2D eigenvalue weighted by atomic mass is 9.97. The maximum atomic E-state index is 13.9. The van der Waals surface area contributed by atoms with Gasteiger partial charge in [-0.15, -0.1) is 0 Å². The summed E-state index contributed by atoms with van der Waals surface area (Å²) < 4.78 is 18.8. The van der Waals surface area contributed by atoms with Crippen molar-refractivity contribution in [2.24, 2.45) is 5.73 Å². The molecule has 20 heavy (non-hydrogen) atoms. The first-order chi connectivity index (χ1) is 9.48. The second kappa shape index (κ2) is 5.75. The zero-order valence-corrected chi connectivity index (χ0v) is 12.1. The highest BCUT2D eigenvalue weighted by atomic mass is 32.1. The summed E-state index contributed by atoms with van der Waals surface area (Å²) >= 11 is 5.06. The van der Waals surface area contributed by atoms with Crippen molar-refractivity contribution < 1.29 is 13.9 Å². The summed E-state index contributed by atoms with van der Waals surface area (Å²) in [6.07, 6.45) is 3.29. The Morgan fingerprint density at radius 3 is 2.60 bits per heavy atom. The second-order valence-corrected chi connectivity index (χ2v) is 5.39. The van der Waals surface area contributed by atoms with Gasteiger partial charge in [-0.2, -0.15) is 0 Å². The fraction of sp³-hybridized carbons (Fsp3) is 0.429. The van der Waals surface area contributed by atoms with E-state index in [-0.39, 0.29) is 10.6 Å². The number of nitrogens with one attached hydrogen (secondary N) is 1. The lowest BCUT2D eigenvalue weighted by Gasteiger charge is -2.29. The molecule has 1 aromatic rings. The van der Waals surface area contributed by atoms with Crippen LogP contribution in [0.2, 0.25) is 0 Å².